The number of aromatic carboxylic acids is 1. The van der Waals surface area contributed by atoms with E-state index in [1.54, 1.807) is 12.5 Å². The van der Waals surface area contributed by atoms with Crippen molar-refractivity contribution < 1.29 is 24.2 Å². The number of fused-ring (bicyclic) bond motifs is 2. The molecule has 0 bridgehead atoms. The number of imidazole rings is 1. The molecule has 2 fully saturated rings. The number of aryl methyl sites for hydroxylation is 1. The number of hydrogen-bond donors (Lipinski definition) is 4. The lowest BCUT2D eigenvalue weighted by Crippen LogP contribution is -2.28. The summed E-state index contributed by atoms with van der Waals surface area (Å²) >= 11 is 0. The van der Waals surface area contributed by atoms with Crippen LogP contribution in [0.2, 0.25) is 0 Å². The number of nitrogens with zero attached hydrogens (tertiary/aromatic N) is 4. The normalized spacial score (nSPS) is 23.4. The van der Waals surface area contributed by atoms with E-state index in [1.807, 2.05) is 54.0 Å². The molecule has 4 unspecified atom stereocenters. The fourth-order valence-electron chi connectivity index (χ4n) is 6.02. The van der Waals surface area contributed by atoms with Gasteiger partial charge in [-0.3, -0.25) is 5.32 Å². The molecule has 1 aromatic carbocycles. The van der Waals surface area contributed by atoms with Gasteiger partial charge in [0, 0.05) is 18.9 Å². The Balaban J connectivity index is 1.23. The second-order valence-electron chi connectivity index (χ2n) is 10.5. The Kier molecular flexibility index (Phi) is 7.97. The molecule has 12 heteroatoms. The first-order chi connectivity index (χ1) is 20.5. The molecular weight excluding hydrogens is 538 g/mol. The van der Waals surface area contributed by atoms with Gasteiger partial charge in [0.1, 0.15) is 12.4 Å². The summed E-state index contributed by atoms with van der Waals surface area (Å²) in [6, 6.07) is 9.53. The summed E-state index contributed by atoms with van der Waals surface area (Å²) in [5.41, 5.74) is 3.26. The maximum Gasteiger partial charge on any atom is 0.337 e. The van der Waals surface area contributed by atoms with Gasteiger partial charge in [-0.05, 0) is 55.7 Å². The molecule has 0 spiro atoms. The summed E-state index contributed by atoms with van der Waals surface area (Å²) in [4.78, 5) is 39.9. The Labute approximate surface area is 242 Å². The highest BCUT2D eigenvalue weighted by molar-refractivity contribution is 5.95. The van der Waals surface area contributed by atoms with Crippen LogP contribution < -0.4 is 10.6 Å². The third-order valence-corrected chi connectivity index (χ3v) is 7.91. The molecule has 1 aliphatic heterocycles. The molecule has 2 aliphatic rings. The van der Waals surface area contributed by atoms with E-state index in [9.17, 15) is 14.7 Å². The number of carboxylic acid groups (broad SMARTS) is 1. The number of amides is 2. The van der Waals surface area contributed by atoms with E-state index in [1.165, 1.54) is 12.5 Å². The molecule has 5 atom stereocenters. The van der Waals surface area contributed by atoms with Gasteiger partial charge in [0.15, 0.2) is 23.3 Å². The average molecular weight is 572 g/mol. The summed E-state index contributed by atoms with van der Waals surface area (Å²) in [5, 5.41) is 14.9. The van der Waals surface area contributed by atoms with Crippen molar-refractivity contribution in [3.63, 3.8) is 0 Å². The van der Waals surface area contributed by atoms with Gasteiger partial charge in [-0.25, -0.2) is 24.5 Å². The highest BCUT2D eigenvalue weighted by Crippen LogP contribution is 2.47. The summed E-state index contributed by atoms with van der Waals surface area (Å²) < 4.78 is 15.0. The van der Waals surface area contributed by atoms with Crippen LogP contribution in [0, 0.1) is 5.92 Å². The first kappa shape index (κ1) is 27.6. The van der Waals surface area contributed by atoms with Crippen LogP contribution >= 0.6 is 0 Å². The van der Waals surface area contributed by atoms with E-state index in [-0.39, 0.29) is 30.2 Å². The predicted octanol–water partition coefficient (Wildman–Crippen LogP) is 4.40. The van der Waals surface area contributed by atoms with E-state index < -0.39 is 12.3 Å². The number of H-pyrrole nitrogens is 1. The second-order valence-corrected chi connectivity index (χ2v) is 10.5. The number of benzene rings is 1. The molecule has 6 rings (SSSR count). The standard InChI is InChI=1S/C30H33N7O5/c1-2-32-30(40)36-27-24-28(34-16-33-27)37(17-35-24)22-13-19(9-6-10-20-14-31-15-21(20)29(38)39)25-26(22)42-23(41-25)12-11-18-7-4-3-5-8-18/h3-5,7-8,11-12,14-17,19,22-23,25-26,31H,2,6,9-10,13H2,1H3,(H,38,39)(H2,32,33,34,36,40)/t19?,22?,23-,25?,26?/m0/s1. The lowest BCUT2D eigenvalue weighted by atomic mass is 9.96. The smallest absolute Gasteiger partial charge is 0.337 e. The zero-order valence-electron chi connectivity index (χ0n) is 23.1. The summed E-state index contributed by atoms with van der Waals surface area (Å²) in [5.74, 6) is -0.416. The first-order valence-corrected chi connectivity index (χ1v) is 14.2. The van der Waals surface area contributed by atoms with Crippen LogP contribution in [0.1, 0.15) is 53.7 Å². The molecule has 12 nitrogen and oxygen atoms in total. The van der Waals surface area contributed by atoms with Gasteiger partial charge in [-0.1, -0.05) is 36.4 Å². The molecule has 2 amide bonds. The number of urea groups is 1. The van der Waals surface area contributed by atoms with Crippen LogP contribution in [0.15, 0.2) is 61.5 Å². The number of carboxylic acids is 1. The minimum atomic E-state index is -0.928. The Morgan fingerprint density at radius 2 is 1.98 bits per heavy atom. The Hall–Kier alpha value is -4.55. The summed E-state index contributed by atoms with van der Waals surface area (Å²) in [6.07, 6.45) is 12.5. The van der Waals surface area contributed by atoms with Crippen molar-refractivity contribution in [1.82, 2.24) is 29.8 Å². The van der Waals surface area contributed by atoms with Gasteiger partial charge in [-0.15, -0.1) is 0 Å². The highest BCUT2D eigenvalue weighted by atomic mass is 16.7. The number of anilines is 1. The van der Waals surface area contributed by atoms with Gasteiger partial charge in [0.05, 0.1) is 24.0 Å². The van der Waals surface area contributed by atoms with E-state index in [0.717, 1.165) is 30.4 Å². The van der Waals surface area contributed by atoms with Crippen LogP contribution in [0.25, 0.3) is 17.2 Å². The Bertz CT molecular complexity index is 1580. The minimum Gasteiger partial charge on any atom is -0.478 e. The lowest BCUT2D eigenvalue weighted by Gasteiger charge is -2.19. The highest BCUT2D eigenvalue weighted by Gasteiger charge is 2.51. The molecule has 3 aromatic heterocycles. The molecular formula is C30H33N7O5. The van der Waals surface area contributed by atoms with Crippen molar-refractivity contribution in [3.8, 4) is 0 Å². The maximum absolute atomic E-state index is 12.2. The molecule has 4 aromatic rings. The zero-order chi connectivity index (χ0) is 29.1. The van der Waals surface area contributed by atoms with Crippen molar-refractivity contribution in [2.45, 2.75) is 57.1 Å². The quantitative estimate of drug-likeness (QED) is 0.218. The number of rotatable bonds is 10. The SMILES string of the molecule is CCNC(=O)Nc1ncnc2c1ncn2C1CC(CCCc2c[nH]cc2C(=O)O)C2O[C@H](C=Cc3ccccc3)OC21. The van der Waals surface area contributed by atoms with E-state index in [2.05, 4.69) is 30.6 Å². The van der Waals surface area contributed by atoms with Crippen molar-refractivity contribution in [2.75, 3.05) is 11.9 Å². The molecule has 1 aliphatic carbocycles. The Morgan fingerprint density at radius 1 is 1.14 bits per heavy atom. The third kappa shape index (κ3) is 5.63. The monoisotopic (exact) mass is 571 g/mol. The van der Waals surface area contributed by atoms with E-state index in [4.69, 9.17) is 9.47 Å². The maximum atomic E-state index is 12.2. The molecule has 1 saturated carbocycles. The van der Waals surface area contributed by atoms with E-state index >= 15 is 0 Å². The molecule has 42 heavy (non-hydrogen) atoms. The average Bonchev–Trinajstić information content (AvgIpc) is 3.77. The van der Waals surface area contributed by atoms with Gasteiger partial charge in [0.25, 0.3) is 0 Å². The fraction of sp³-hybridized carbons (Fsp3) is 0.367. The number of ether oxygens (including phenoxy) is 2. The van der Waals surface area contributed by atoms with Gasteiger partial charge in [-0.2, -0.15) is 0 Å². The Morgan fingerprint density at radius 3 is 2.79 bits per heavy atom. The zero-order valence-corrected chi connectivity index (χ0v) is 23.1. The minimum absolute atomic E-state index is 0.103. The van der Waals surface area contributed by atoms with Gasteiger partial charge < -0.3 is 29.4 Å². The van der Waals surface area contributed by atoms with Crippen molar-refractivity contribution in [1.29, 1.82) is 0 Å². The van der Waals surface area contributed by atoms with Crippen LogP contribution in [0.3, 0.4) is 0 Å². The van der Waals surface area contributed by atoms with Crippen LogP contribution in [0.4, 0.5) is 10.6 Å². The second kappa shape index (κ2) is 12.1. The molecule has 1 saturated heterocycles. The first-order valence-electron chi connectivity index (χ1n) is 14.2. The number of aromatic nitrogens is 5. The fourth-order valence-corrected chi connectivity index (χ4v) is 6.02. The number of hydrogen-bond acceptors (Lipinski definition) is 7. The largest absolute Gasteiger partial charge is 0.478 e. The van der Waals surface area contributed by atoms with E-state index in [0.29, 0.717) is 35.5 Å². The number of aromatic amines is 1. The van der Waals surface area contributed by atoms with Gasteiger partial charge in [0.2, 0.25) is 0 Å². The van der Waals surface area contributed by atoms with Crippen molar-refractivity contribution >= 4 is 35.1 Å². The molecule has 218 valence electrons. The summed E-state index contributed by atoms with van der Waals surface area (Å²) in [7, 11) is 0. The van der Waals surface area contributed by atoms with Crippen molar-refractivity contribution in [2.24, 2.45) is 5.92 Å². The molecule has 4 heterocycles. The third-order valence-electron chi connectivity index (χ3n) is 7.91. The van der Waals surface area contributed by atoms with Crippen molar-refractivity contribution in [3.05, 3.63) is 78.1 Å². The van der Waals surface area contributed by atoms with Gasteiger partial charge >= 0.3 is 12.0 Å². The number of carbonyl (C=O) groups excluding carboxylic acids is 1. The topological polar surface area (TPSA) is 156 Å². The lowest BCUT2D eigenvalue weighted by molar-refractivity contribution is -0.0507. The predicted molar refractivity (Wildman–Crippen MR) is 155 cm³/mol. The molecule has 4 N–H and O–H groups in total. The molecule has 0 radical (unpaired) electrons. The number of nitrogens with one attached hydrogen (secondary N) is 3. The van der Waals surface area contributed by atoms with Crippen LogP contribution in [0.5, 0.6) is 0 Å². The summed E-state index contributed by atoms with van der Waals surface area (Å²) in [6.45, 7) is 2.33. The van der Waals surface area contributed by atoms with Crippen LogP contribution in [-0.4, -0.2) is 66.7 Å². The van der Waals surface area contributed by atoms with Crippen LogP contribution in [-0.2, 0) is 15.9 Å². The number of carbonyl (C=O) groups is 2.